The summed E-state index contributed by atoms with van der Waals surface area (Å²) < 4.78 is 35.3. The minimum atomic E-state index is -3.98. The molecule has 1 aromatic heterocycles. The first-order valence-electron chi connectivity index (χ1n) is 10.7. The standard InChI is InChI=1S/C25H26N2O6S/c1-3-4-15-26-24(28)22(27-25(29)23-6-5-16-32-23)17-19-9-11-20(12-10-19)33-34(30,31)21-13-7-18(2)8-14-21/h5-14,16-17H,3-4,15H2,1-2H3,(H,26,28)(H,27,29). The molecule has 3 aromatic rings. The maximum atomic E-state index is 12.6. The summed E-state index contributed by atoms with van der Waals surface area (Å²) in [5.74, 6) is -0.828. The lowest BCUT2D eigenvalue weighted by Crippen LogP contribution is -2.35. The SMILES string of the molecule is CCCCNC(=O)C(=Cc1ccc(OS(=O)(=O)c2ccc(C)cc2)cc1)NC(=O)c1ccco1. The van der Waals surface area contributed by atoms with Crippen LogP contribution in [0.1, 0.15) is 41.4 Å². The molecule has 178 valence electrons. The van der Waals surface area contributed by atoms with Crippen LogP contribution in [0.15, 0.2) is 81.9 Å². The van der Waals surface area contributed by atoms with Crippen LogP contribution >= 0.6 is 0 Å². The fourth-order valence-corrected chi connectivity index (χ4v) is 3.82. The van der Waals surface area contributed by atoms with Crippen LogP contribution in [0, 0.1) is 6.92 Å². The third-order valence-electron chi connectivity index (χ3n) is 4.76. The second-order valence-electron chi connectivity index (χ2n) is 7.52. The molecule has 0 bridgehead atoms. The molecule has 0 unspecified atom stereocenters. The van der Waals surface area contributed by atoms with Crippen LogP contribution in [0.2, 0.25) is 0 Å². The van der Waals surface area contributed by atoms with Crippen LogP contribution in [0.25, 0.3) is 6.08 Å². The Labute approximate surface area is 198 Å². The van der Waals surface area contributed by atoms with Crippen LogP contribution in [0.5, 0.6) is 5.75 Å². The van der Waals surface area contributed by atoms with Crippen LogP contribution in [0.3, 0.4) is 0 Å². The van der Waals surface area contributed by atoms with Crippen molar-refractivity contribution < 1.29 is 26.6 Å². The van der Waals surface area contributed by atoms with E-state index in [0.29, 0.717) is 12.1 Å². The van der Waals surface area contributed by atoms with Gasteiger partial charge in [-0.25, -0.2) is 0 Å². The van der Waals surface area contributed by atoms with Crippen molar-refractivity contribution >= 4 is 28.0 Å². The van der Waals surface area contributed by atoms with Crippen molar-refractivity contribution in [2.45, 2.75) is 31.6 Å². The third kappa shape index (κ3) is 6.82. The average Bonchev–Trinajstić information content (AvgIpc) is 3.35. The molecule has 2 aromatic carbocycles. The Hall–Kier alpha value is -3.85. The third-order valence-corrected chi connectivity index (χ3v) is 6.02. The molecule has 2 N–H and O–H groups in total. The van der Waals surface area contributed by atoms with E-state index in [-0.39, 0.29) is 22.1 Å². The first kappa shape index (κ1) is 24.8. The maximum absolute atomic E-state index is 12.6. The molecule has 2 amide bonds. The highest BCUT2D eigenvalue weighted by Gasteiger charge is 2.18. The lowest BCUT2D eigenvalue weighted by molar-refractivity contribution is -0.117. The van der Waals surface area contributed by atoms with E-state index in [1.165, 1.54) is 42.7 Å². The lowest BCUT2D eigenvalue weighted by Gasteiger charge is -2.11. The number of hydrogen-bond donors (Lipinski definition) is 2. The van der Waals surface area contributed by atoms with Crippen LogP contribution in [0.4, 0.5) is 0 Å². The number of benzene rings is 2. The van der Waals surface area contributed by atoms with E-state index in [9.17, 15) is 18.0 Å². The molecule has 0 radical (unpaired) electrons. The van der Waals surface area contributed by atoms with Gasteiger partial charge in [0.05, 0.1) is 6.26 Å². The molecule has 0 saturated heterocycles. The summed E-state index contributed by atoms with van der Waals surface area (Å²) in [7, 11) is -3.98. The highest BCUT2D eigenvalue weighted by Crippen LogP contribution is 2.20. The smallest absolute Gasteiger partial charge is 0.339 e. The highest BCUT2D eigenvalue weighted by atomic mass is 32.2. The van der Waals surface area contributed by atoms with Crippen molar-refractivity contribution in [2.24, 2.45) is 0 Å². The lowest BCUT2D eigenvalue weighted by atomic mass is 10.1. The Morgan fingerprint density at radius 3 is 2.35 bits per heavy atom. The molecule has 1 heterocycles. The highest BCUT2D eigenvalue weighted by molar-refractivity contribution is 7.87. The number of amides is 2. The quantitative estimate of drug-likeness (QED) is 0.256. The molecule has 8 nitrogen and oxygen atoms in total. The van der Waals surface area contributed by atoms with Crippen LogP contribution in [-0.4, -0.2) is 26.8 Å². The number of aryl methyl sites for hydroxylation is 1. The van der Waals surface area contributed by atoms with Crippen LogP contribution < -0.4 is 14.8 Å². The molecule has 0 aliphatic heterocycles. The summed E-state index contributed by atoms with van der Waals surface area (Å²) in [5, 5.41) is 5.33. The Morgan fingerprint density at radius 2 is 1.74 bits per heavy atom. The Balaban J connectivity index is 1.78. The molecule has 0 fully saturated rings. The monoisotopic (exact) mass is 482 g/mol. The zero-order valence-electron chi connectivity index (χ0n) is 18.9. The van der Waals surface area contributed by atoms with Gasteiger partial charge in [-0.15, -0.1) is 0 Å². The van der Waals surface area contributed by atoms with Crippen molar-refractivity contribution in [2.75, 3.05) is 6.54 Å². The Morgan fingerprint density at radius 1 is 1.03 bits per heavy atom. The molecular weight excluding hydrogens is 456 g/mol. The fourth-order valence-electron chi connectivity index (χ4n) is 2.89. The fraction of sp³-hybridized carbons (Fsp3) is 0.200. The van der Waals surface area contributed by atoms with Gasteiger partial charge in [0, 0.05) is 6.54 Å². The molecule has 9 heteroatoms. The minimum absolute atomic E-state index is 0.0263. The Bertz CT molecular complexity index is 1250. The van der Waals surface area contributed by atoms with Gasteiger partial charge in [0.2, 0.25) is 0 Å². The second kappa shape index (κ2) is 11.3. The van der Waals surface area contributed by atoms with Gasteiger partial charge in [-0.3, -0.25) is 9.59 Å². The Kier molecular flexibility index (Phi) is 8.26. The number of carbonyl (C=O) groups is 2. The van der Waals surface area contributed by atoms with Crippen molar-refractivity contribution in [3.8, 4) is 5.75 Å². The number of carbonyl (C=O) groups excluding carboxylic acids is 2. The normalized spacial score (nSPS) is 11.6. The second-order valence-corrected chi connectivity index (χ2v) is 9.06. The van der Waals surface area contributed by atoms with E-state index in [1.807, 2.05) is 13.8 Å². The summed E-state index contributed by atoms with van der Waals surface area (Å²) in [6.07, 6.45) is 4.56. The zero-order valence-corrected chi connectivity index (χ0v) is 19.7. The van der Waals surface area contributed by atoms with Crippen LogP contribution in [-0.2, 0) is 14.9 Å². The van der Waals surface area contributed by atoms with E-state index in [4.69, 9.17) is 8.60 Å². The summed E-state index contributed by atoms with van der Waals surface area (Å²) in [6, 6.07) is 15.5. The zero-order chi connectivity index (χ0) is 24.6. The molecule has 0 saturated carbocycles. The number of furan rings is 1. The van der Waals surface area contributed by atoms with Gasteiger partial charge in [0.25, 0.3) is 11.8 Å². The van der Waals surface area contributed by atoms with Crippen molar-refractivity contribution in [1.82, 2.24) is 10.6 Å². The molecule has 34 heavy (non-hydrogen) atoms. The maximum Gasteiger partial charge on any atom is 0.339 e. The average molecular weight is 483 g/mol. The van der Waals surface area contributed by atoms with E-state index >= 15 is 0 Å². The summed E-state index contributed by atoms with van der Waals surface area (Å²) in [5.41, 5.74) is 1.52. The molecule has 0 atom stereocenters. The van der Waals surface area contributed by atoms with E-state index in [2.05, 4.69) is 10.6 Å². The van der Waals surface area contributed by atoms with Gasteiger partial charge >= 0.3 is 10.1 Å². The predicted molar refractivity (Wildman–Crippen MR) is 128 cm³/mol. The van der Waals surface area contributed by atoms with Crippen molar-refractivity contribution in [3.63, 3.8) is 0 Å². The van der Waals surface area contributed by atoms with E-state index in [0.717, 1.165) is 18.4 Å². The predicted octanol–water partition coefficient (Wildman–Crippen LogP) is 4.04. The molecule has 0 spiro atoms. The summed E-state index contributed by atoms with van der Waals surface area (Å²) in [4.78, 5) is 25.1. The topological polar surface area (TPSA) is 115 Å². The van der Waals surface area contributed by atoms with Gasteiger partial charge in [-0.05, 0) is 61.4 Å². The van der Waals surface area contributed by atoms with Gasteiger partial charge in [0.15, 0.2) is 5.76 Å². The van der Waals surface area contributed by atoms with Gasteiger partial charge in [0.1, 0.15) is 16.3 Å². The molecule has 3 rings (SSSR count). The van der Waals surface area contributed by atoms with Gasteiger partial charge < -0.3 is 19.2 Å². The van der Waals surface area contributed by atoms with Crippen molar-refractivity contribution in [3.05, 3.63) is 89.5 Å². The first-order valence-corrected chi connectivity index (χ1v) is 12.2. The molecule has 0 aliphatic rings. The number of hydrogen-bond acceptors (Lipinski definition) is 6. The first-order chi connectivity index (χ1) is 16.3. The summed E-state index contributed by atoms with van der Waals surface area (Å²) >= 11 is 0. The summed E-state index contributed by atoms with van der Waals surface area (Å²) in [6.45, 7) is 4.33. The minimum Gasteiger partial charge on any atom is -0.459 e. The largest absolute Gasteiger partial charge is 0.459 e. The van der Waals surface area contributed by atoms with Crippen molar-refractivity contribution in [1.29, 1.82) is 0 Å². The van der Waals surface area contributed by atoms with E-state index < -0.39 is 21.9 Å². The molecule has 0 aliphatic carbocycles. The molecular formula is C25H26N2O6S. The number of rotatable bonds is 10. The van der Waals surface area contributed by atoms with E-state index in [1.54, 1.807) is 30.3 Å². The number of unbranched alkanes of at least 4 members (excludes halogenated alkanes) is 1. The van der Waals surface area contributed by atoms with Gasteiger partial charge in [-0.2, -0.15) is 8.42 Å². The number of nitrogens with one attached hydrogen (secondary N) is 2. The van der Waals surface area contributed by atoms with Gasteiger partial charge in [-0.1, -0.05) is 43.2 Å².